The fourth-order valence-electron chi connectivity index (χ4n) is 2.08. The van der Waals surface area contributed by atoms with Gasteiger partial charge in [0.15, 0.2) is 0 Å². The average Bonchev–Trinajstić information content (AvgIpc) is 3.21. The highest BCUT2D eigenvalue weighted by atomic mass is 16.4. The SMILES string of the molecule is O=C(CCC1CC1)NCC(C(=O)O)c1ccccc1. The second-order valence-corrected chi connectivity index (χ2v) is 5.09. The van der Waals surface area contributed by atoms with Crippen LogP contribution in [0, 0.1) is 5.92 Å². The number of carboxylic acid groups (broad SMARTS) is 1. The van der Waals surface area contributed by atoms with E-state index in [1.54, 1.807) is 24.3 Å². The fraction of sp³-hybridized carbons (Fsp3) is 0.467. The molecule has 4 heteroatoms. The zero-order valence-electron chi connectivity index (χ0n) is 10.8. The summed E-state index contributed by atoms with van der Waals surface area (Å²) >= 11 is 0. The third-order valence-electron chi connectivity index (χ3n) is 3.48. The topological polar surface area (TPSA) is 66.4 Å². The Kier molecular flexibility index (Phi) is 4.55. The first-order valence-corrected chi connectivity index (χ1v) is 6.71. The lowest BCUT2D eigenvalue weighted by molar-refractivity contribution is -0.138. The molecule has 1 aromatic carbocycles. The van der Waals surface area contributed by atoms with E-state index in [1.807, 2.05) is 6.07 Å². The fourth-order valence-corrected chi connectivity index (χ4v) is 2.08. The zero-order chi connectivity index (χ0) is 13.7. The molecule has 2 N–H and O–H groups in total. The smallest absolute Gasteiger partial charge is 0.312 e. The van der Waals surface area contributed by atoms with E-state index in [-0.39, 0.29) is 12.5 Å². The number of benzene rings is 1. The number of hydrogen-bond donors (Lipinski definition) is 2. The van der Waals surface area contributed by atoms with Gasteiger partial charge in [0.25, 0.3) is 0 Å². The highest BCUT2D eigenvalue weighted by Crippen LogP contribution is 2.33. The Hall–Kier alpha value is -1.84. The van der Waals surface area contributed by atoms with Crippen LogP contribution in [0.3, 0.4) is 0 Å². The summed E-state index contributed by atoms with van der Waals surface area (Å²) < 4.78 is 0. The van der Waals surface area contributed by atoms with Crippen LogP contribution in [0.4, 0.5) is 0 Å². The summed E-state index contributed by atoms with van der Waals surface area (Å²) in [5, 5.41) is 11.9. The van der Waals surface area contributed by atoms with Gasteiger partial charge >= 0.3 is 5.97 Å². The molecule has 2 rings (SSSR count). The van der Waals surface area contributed by atoms with E-state index in [2.05, 4.69) is 5.32 Å². The van der Waals surface area contributed by atoms with Gasteiger partial charge in [-0.15, -0.1) is 0 Å². The summed E-state index contributed by atoms with van der Waals surface area (Å²) in [7, 11) is 0. The number of carboxylic acids is 1. The van der Waals surface area contributed by atoms with Gasteiger partial charge < -0.3 is 10.4 Å². The number of amides is 1. The van der Waals surface area contributed by atoms with Gasteiger partial charge in [-0.2, -0.15) is 0 Å². The number of aliphatic carboxylic acids is 1. The minimum atomic E-state index is -0.909. The van der Waals surface area contributed by atoms with Crippen LogP contribution < -0.4 is 5.32 Å². The molecule has 19 heavy (non-hydrogen) atoms. The van der Waals surface area contributed by atoms with E-state index in [4.69, 9.17) is 0 Å². The number of rotatable bonds is 7. The molecule has 1 unspecified atom stereocenters. The maximum atomic E-state index is 11.6. The molecule has 0 saturated heterocycles. The molecule has 1 amide bonds. The molecule has 102 valence electrons. The molecule has 1 aliphatic carbocycles. The van der Waals surface area contributed by atoms with Crippen LogP contribution in [0.1, 0.15) is 37.2 Å². The van der Waals surface area contributed by atoms with Gasteiger partial charge in [-0.25, -0.2) is 0 Å². The monoisotopic (exact) mass is 261 g/mol. The predicted octanol–water partition coefficient (Wildman–Crippen LogP) is 2.16. The quantitative estimate of drug-likeness (QED) is 0.790. The Bertz CT molecular complexity index is 440. The number of carbonyl (C=O) groups excluding carboxylic acids is 1. The van der Waals surface area contributed by atoms with Gasteiger partial charge in [0, 0.05) is 13.0 Å². The Morgan fingerprint density at radius 1 is 1.26 bits per heavy atom. The molecule has 1 aliphatic rings. The van der Waals surface area contributed by atoms with E-state index in [1.165, 1.54) is 12.8 Å². The highest BCUT2D eigenvalue weighted by molar-refractivity contribution is 5.79. The van der Waals surface area contributed by atoms with E-state index >= 15 is 0 Å². The maximum Gasteiger partial charge on any atom is 0.312 e. The van der Waals surface area contributed by atoms with Gasteiger partial charge in [-0.05, 0) is 17.9 Å². The highest BCUT2D eigenvalue weighted by Gasteiger charge is 2.23. The Balaban J connectivity index is 1.83. The van der Waals surface area contributed by atoms with E-state index in [9.17, 15) is 14.7 Å². The van der Waals surface area contributed by atoms with E-state index in [0.717, 1.165) is 17.9 Å². The van der Waals surface area contributed by atoms with Gasteiger partial charge in [0.1, 0.15) is 0 Å². The minimum absolute atomic E-state index is 0.0471. The van der Waals surface area contributed by atoms with Crippen molar-refractivity contribution in [1.82, 2.24) is 5.32 Å². The van der Waals surface area contributed by atoms with Crippen LogP contribution in [0.5, 0.6) is 0 Å². The molecule has 4 nitrogen and oxygen atoms in total. The van der Waals surface area contributed by atoms with Gasteiger partial charge in [-0.1, -0.05) is 43.2 Å². The third-order valence-corrected chi connectivity index (χ3v) is 3.48. The largest absolute Gasteiger partial charge is 0.481 e. The van der Waals surface area contributed by atoms with Crippen molar-refractivity contribution < 1.29 is 14.7 Å². The first-order valence-electron chi connectivity index (χ1n) is 6.71. The summed E-state index contributed by atoms with van der Waals surface area (Å²) in [4.78, 5) is 22.9. The number of hydrogen-bond acceptors (Lipinski definition) is 2. The van der Waals surface area contributed by atoms with Crippen molar-refractivity contribution in [3.05, 3.63) is 35.9 Å². The lowest BCUT2D eigenvalue weighted by Crippen LogP contribution is -2.31. The van der Waals surface area contributed by atoms with Crippen molar-refractivity contribution in [2.45, 2.75) is 31.6 Å². The molecule has 0 bridgehead atoms. The summed E-state index contributed by atoms with van der Waals surface area (Å²) in [6.45, 7) is 0.156. The standard InChI is InChI=1S/C15H19NO3/c17-14(9-8-11-6-7-11)16-10-13(15(18)19)12-4-2-1-3-5-12/h1-5,11,13H,6-10H2,(H,16,17)(H,18,19). The minimum Gasteiger partial charge on any atom is -0.481 e. The lowest BCUT2D eigenvalue weighted by Gasteiger charge is -2.13. The van der Waals surface area contributed by atoms with Crippen LogP contribution >= 0.6 is 0 Å². The molecule has 0 aliphatic heterocycles. The molecule has 1 atom stereocenters. The maximum absolute atomic E-state index is 11.6. The second kappa shape index (κ2) is 6.36. The summed E-state index contributed by atoms with van der Waals surface area (Å²) in [6, 6.07) is 9.00. The Labute approximate surface area is 112 Å². The van der Waals surface area contributed by atoms with Crippen molar-refractivity contribution in [1.29, 1.82) is 0 Å². The molecule has 0 spiro atoms. The predicted molar refractivity (Wildman–Crippen MR) is 71.8 cm³/mol. The number of carbonyl (C=O) groups is 2. The molecule has 0 radical (unpaired) electrons. The summed E-state index contributed by atoms with van der Waals surface area (Å²) in [6.07, 6.45) is 3.89. The van der Waals surface area contributed by atoms with E-state index < -0.39 is 11.9 Å². The molecule has 1 fully saturated rings. The first kappa shape index (κ1) is 13.6. The van der Waals surface area contributed by atoms with Crippen molar-refractivity contribution in [2.24, 2.45) is 5.92 Å². The average molecular weight is 261 g/mol. The molecular weight excluding hydrogens is 242 g/mol. The van der Waals surface area contributed by atoms with Crippen LogP contribution in [0.2, 0.25) is 0 Å². The second-order valence-electron chi connectivity index (χ2n) is 5.09. The van der Waals surface area contributed by atoms with Gasteiger partial charge in [-0.3, -0.25) is 9.59 Å². The summed E-state index contributed by atoms with van der Waals surface area (Å²) in [5.41, 5.74) is 0.720. The van der Waals surface area contributed by atoms with E-state index in [0.29, 0.717) is 6.42 Å². The van der Waals surface area contributed by atoms with Gasteiger partial charge in [0.05, 0.1) is 5.92 Å². The molecule has 0 aromatic heterocycles. The molecular formula is C15H19NO3. The van der Waals surface area contributed by atoms with Crippen LogP contribution in [0.15, 0.2) is 30.3 Å². The Morgan fingerprint density at radius 2 is 1.95 bits per heavy atom. The first-order chi connectivity index (χ1) is 9.16. The molecule has 1 saturated carbocycles. The lowest BCUT2D eigenvalue weighted by atomic mass is 9.99. The van der Waals surface area contributed by atoms with Crippen molar-refractivity contribution in [3.63, 3.8) is 0 Å². The number of nitrogens with one attached hydrogen (secondary N) is 1. The van der Waals surface area contributed by atoms with Crippen LogP contribution in [-0.2, 0) is 9.59 Å². The normalized spacial score (nSPS) is 15.8. The van der Waals surface area contributed by atoms with Crippen molar-refractivity contribution in [3.8, 4) is 0 Å². The van der Waals surface area contributed by atoms with Crippen molar-refractivity contribution in [2.75, 3.05) is 6.54 Å². The van der Waals surface area contributed by atoms with Gasteiger partial charge in [0.2, 0.25) is 5.91 Å². The molecule has 0 heterocycles. The summed E-state index contributed by atoms with van der Waals surface area (Å²) in [5.74, 6) is -0.913. The Morgan fingerprint density at radius 3 is 2.53 bits per heavy atom. The zero-order valence-corrected chi connectivity index (χ0v) is 10.8. The molecule has 1 aromatic rings. The van der Waals surface area contributed by atoms with Crippen LogP contribution in [0.25, 0.3) is 0 Å². The van der Waals surface area contributed by atoms with Crippen LogP contribution in [-0.4, -0.2) is 23.5 Å². The van der Waals surface area contributed by atoms with Crippen molar-refractivity contribution >= 4 is 11.9 Å². The third kappa shape index (κ3) is 4.39.